The number of methoxy groups -OCH3 is 1. The molecule has 2 heterocycles. The summed E-state index contributed by atoms with van der Waals surface area (Å²) in [6.45, 7) is 2.84. The van der Waals surface area contributed by atoms with E-state index in [1.165, 1.54) is 24.4 Å². The molecule has 90 valence electrons. The summed E-state index contributed by atoms with van der Waals surface area (Å²) in [5, 5.41) is 7.02. The molecule has 2 aromatic rings. The standard InChI is InChI=1S/C9H13N7O/c1-3-4-11-7-13-8(15-9(14-7)17-2)16-6-10-5-12-16/h5-6H,3-4H2,1-2H3,(H,11,13,14,15). The predicted molar refractivity (Wildman–Crippen MR) is 60.1 cm³/mol. The minimum atomic E-state index is 0.240. The molecule has 17 heavy (non-hydrogen) atoms. The molecule has 0 unspecified atom stereocenters. The summed E-state index contributed by atoms with van der Waals surface area (Å²) in [6.07, 6.45) is 3.90. The van der Waals surface area contributed by atoms with Crippen molar-refractivity contribution in [3.05, 3.63) is 12.7 Å². The van der Waals surface area contributed by atoms with Crippen LogP contribution >= 0.6 is 0 Å². The van der Waals surface area contributed by atoms with Gasteiger partial charge in [-0.25, -0.2) is 4.98 Å². The first-order valence-corrected chi connectivity index (χ1v) is 5.22. The molecule has 0 fully saturated rings. The quantitative estimate of drug-likeness (QED) is 0.796. The van der Waals surface area contributed by atoms with Gasteiger partial charge in [-0.3, -0.25) is 0 Å². The molecular weight excluding hydrogens is 222 g/mol. The van der Waals surface area contributed by atoms with E-state index in [0.717, 1.165) is 13.0 Å². The average molecular weight is 235 g/mol. The highest BCUT2D eigenvalue weighted by atomic mass is 16.5. The fourth-order valence-electron chi connectivity index (χ4n) is 1.17. The van der Waals surface area contributed by atoms with Crippen LogP contribution in [0.15, 0.2) is 12.7 Å². The highest BCUT2D eigenvalue weighted by Gasteiger charge is 2.08. The Morgan fingerprint density at radius 3 is 2.88 bits per heavy atom. The van der Waals surface area contributed by atoms with Gasteiger partial charge in [-0.2, -0.15) is 24.7 Å². The Kier molecular flexibility index (Phi) is 3.43. The number of hydrogen-bond acceptors (Lipinski definition) is 7. The van der Waals surface area contributed by atoms with Gasteiger partial charge in [-0.15, -0.1) is 0 Å². The average Bonchev–Trinajstić information content (AvgIpc) is 2.89. The molecule has 0 saturated heterocycles. The summed E-state index contributed by atoms with van der Waals surface area (Å²) in [5.74, 6) is 0.831. The van der Waals surface area contributed by atoms with Crippen molar-refractivity contribution in [1.29, 1.82) is 0 Å². The molecule has 0 aliphatic carbocycles. The lowest BCUT2D eigenvalue weighted by Gasteiger charge is -2.06. The summed E-state index contributed by atoms with van der Waals surface area (Å²) in [4.78, 5) is 16.2. The number of nitrogens with one attached hydrogen (secondary N) is 1. The van der Waals surface area contributed by atoms with Crippen LogP contribution in [0.1, 0.15) is 13.3 Å². The largest absolute Gasteiger partial charge is 0.467 e. The second-order valence-corrected chi connectivity index (χ2v) is 3.21. The lowest BCUT2D eigenvalue weighted by molar-refractivity contribution is 0.377. The van der Waals surface area contributed by atoms with Crippen molar-refractivity contribution in [3.63, 3.8) is 0 Å². The van der Waals surface area contributed by atoms with Crippen molar-refractivity contribution < 1.29 is 4.74 Å². The first kappa shape index (κ1) is 11.2. The van der Waals surface area contributed by atoms with Gasteiger partial charge in [0.15, 0.2) is 0 Å². The summed E-state index contributed by atoms with van der Waals surface area (Å²) >= 11 is 0. The number of aromatic nitrogens is 6. The first-order chi connectivity index (χ1) is 8.33. The van der Waals surface area contributed by atoms with Gasteiger partial charge in [0.1, 0.15) is 12.7 Å². The fraction of sp³-hybridized carbons (Fsp3) is 0.444. The van der Waals surface area contributed by atoms with Crippen molar-refractivity contribution in [2.45, 2.75) is 13.3 Å². The molecule has 8 heteroatoms. The second-order valence-electron chi connectivity index (χ2n) is 3.21. The molecule has 0 atom stereocenters. The molecule has 0 amide bonds. The Bertz CT molecular complexity index is 470. The fourth-order valence-corrected chi connectivity index (χ4v) is 1.17. The van der Waals surface area contributed by atoms with Gasteiger partial charge < -0.3 is 10.1 Å². The minimum absolute atomic E-state index is 0.240. The number of ether oxygens (including phenoxy) is 1. The second kappa shape index (κ2) is 5.19. The van der Waals surface area contributed by atoms with Gasteiger partial charge in [0.25, 0.3) is 5.95 Å². The zero-order valence-electron chi connectivity index (χ0n) is 9.66. The van der Waals surface area contributed by atoms with Gasteiger partial charge in [0, 0.05) is 6.54 Å². The highest BCUT2D eigenvalue weighted by molar-refractivity contribution is 5.29. The van der Waals surface area contributed by atoms with Gasteiger partial charge in [0.2, 0.25) is 5.95 Å². The summed E-state index contributed by atoms with van der Waals surface area (Å²) in [5.41, 5.74) is 0. The number of hydrogen-bond donors (Lipinski definition) is 1. The maximum absolute atomic E-state index is 5.01. The molecule has 0 aliphatic rings. The van der Waals surface area contributed by atoms with E-state index in [1.807, 2.05) is 0 Å². The van der Waals surface area contributed by atoms with Crippen LogP contribution in [-0.2, 0) is 0 Å². The summed E-state index contributed by atoms with van der Waals surface area (Å²) < 4.78 is 6.46. The van der Waals surface area contributed by atoms with Crippen LogP contribution in [-0.4, -0.2) is 43.4 Å². The van der Waals surface area contributed by atoms with E-state index in [1.54, 1.807) is 0 Å². The molecule has 2 aromatic heterocycles. The van der Waals surface area contributed by atoms with Crippen LogP contribution in [0.4, 0.5) is 5.95 Å². The van der Waals surface area contributed by atoms with Crippen molar-refractivity contribution in [1.82, 2.24) is 29.7 Å². The van der Waals surface area contributed by atoms with E-state index in [2.05, 4.69) is 37.3 Å². The molecule has 0 radical (unpaired) electrons. The number of anilines is 1. The van der Waals surface area contributed by atoms with Gasteiger partial charge in [0.05, 0.1) is 7.11 Å². The molecule has 0 bridgehead atoms. The van der Waals surface area contributed by atoms with E-state index >= 15 is 0 Å². The first-order valence-electron chi connectivity index (χ1n) is 5.22. The van der Waals surface area contributed by atoms with Crippen LogP contribution < -0.4 is 10.1 Å². The summed E-state index contributed by atoms with van der Waals surface area (Å²) in [6, 6.07) is 0.240. The normalized spacial score (nSPS) is 10.2. The Balaban J connectivity index is 2.32. The highest BCUT2D eigenvalue weighted by Crippen LogP contribution is 2.09. The predicted octanol–water partition coefficient (Wildman–Crippen LogP) is 0.283. The smallest absolute Gasteiger partial charge is 0.322 e. The Morgan fingerprint density at radius 2 is 2.24 bits per heavy atom. The lowest BCUT2D eigenvalue weighted by atomic mass is 10.5. The molecule has 0 spiro atoms. The lowest BCUT2D eigenvalue weighted by Crippen LogP contribution is -2.10. The van der Waals surface area contributed by atoms with Crippen LogP contribution in [0.2, 0.25) is 0 Å². The van der Waals surface area contributed by atoms with Crippen molar-refractivity contribution in [2.75, 3.05) is 19.0 Å². The van der Waals surface area contributed by atoms with E-state index in [-0.39, 0.29) is 6.01 Å². The Labute approximate surface area is 98.1 Å². The number of nitrogens with zero attached hydrogens (tertiary/aromatic N) is 6. The van der Waals surface area contributed by atoms with Crippen molar-refractivity contribution in [2.24, 2.45) is 0 Å². The molecular formula is C9H13N7O. The van der Waals surface area contributed by atoms with E-state index in [0.29, 0.717) is 11.9 Å². The zero-order chi connectivity index (χ0) is 12.1. The third kappa shape index (κ3) is 2.65. The van der Waals surface area contributed by atoms with Crippen molar-refractivity contribution >= 4 is 5.95 Å². The van der Waals surface area contributed by atoms with Gasteiger partial charge in [-0.05, 0) is 6.42 Å². The third-order valence-electron chi connectivity index (χ3n) is 1.94. The number of rotatable bonds is 5. The maximum Gasteiger partial charge on any atom is 0.322 e. The third-order valence-corrected chi connectivity index (χ3v) is 1.94. The van der Waals surface area contributed by atoms with Crippen molar-refractivity contribution in [3.8, 4) is 12.0 Å². The van der Waals surface area contributed by atoms with E-state index in [4.69, 9.17) is 4.74 Å². The van der Waals surface area contributed by atoms with Crippen LogP contribution in [0.3, 0.4) is 0 Å². The zero-order valence-corrected chi connectivity index (χ0v) is 9.66. The minimum Gasteiger partial charge on any atom is -0.467 e. The molecule has 0 aliphatic heterocycles. The Morgan fingerprint density at radius 1 is 1.35 bits per heavy atom. The van der Waals surface area contributed by atoms with Crippen LogP contribution in [0, 0.1) is 0 Å². The SMILES string of the molecule is CCCNc1nc(OC)nc(-n2cncn2)n1. The maximum atomic E-state index is 5.01. The molecule has 0 saturated carbocycles. The van der Waals surface area contributed by atoms with Crippen LogP contribution in [0.5, 0.6) is 6.01 Å². The summed E-state index contributed by atoms with van der Waals surface area (Å²) in [7, 11) is 1.50. The molecule has 8 nitrogen and oxygen atoms in total. The topological polar surface area (TPSA) is 90.6 Å². The molecule has 1 N–H and O–H groups in total. The van der Waals surface area contributed by atoms with E-state index in [9.17, 15) is 0 Å². The van der Waals surface area contributed by atoms with Crippen LogP contribution in [0.25, 0.3) is 5.95 Å². The Hall–Kier alpha value is -2.25. The van der Waals surface area contributed by atoms with Gasteiger partial charge >= 0.3 is 6.01 Å². The van der Waals surface area contributed by atoms with E-state index < -0.39 is 0 Å². The molecule has 2 rings (SSSR count). The molecule has 0 aromatic carbocycles. The monoisotopic (exact) mass is 235 g/mol. The van der Waals surface area contributed by atoms with Gasteiger partial charge in [-0.1, -0.05) is 6.92 Å².